The molecule has 1 aromatic carbocycles. The molecule has 6 heteroatoms. The third-order valence-corrected chi connectivity index (χ3v) is 6.80. The van der Waals surface area contributed by atoms with Gasteiger partial charge < -0.3 is 50.9 Å². The molecule has 234 valence electrons. The van der Waals surface area contributed by atoms with Gasteiger partial charge in [0.05, 0.1) is 0 Å². The molecular weight excluding hydrogens is 750 g/mol. The van der Waals surface area contributed by atoms with E-state index in [-0.39, 0.29) is 50.9 Å². The lowest BCUT2D eigenvalue weighted by Gasteiger charge is -1.98. The van der Waals surface area contributed by atoms with Crippen molar-refractivity contribution < 1.29 is 64.6 Å². The maximum atomic E-state index is 3.38. The Labute approximate surface area is 302 Å². The first-order valence-corrected chi connectivity index (χ1v) is 15.0. The molecular formula is C39H42Br3N3. The van der Waals surface area contributed by atoms with E-state index in [1.807, 2.05) is 0 Å². The molecule has 0 saturated carbocycles. The molecule has 45 heavy (non-hydrogen) atoms. The van der Waals surface area contributed by atoms with Gasteiger partial charge in [-0.2, -0.15) is 0 Å². The fraction of sp³-hybridized carbons (Fsp3) is 0.308. The number of hydrogen-bond donors (Lipinski definition) is 0. The van der Waals surface area contributed by atoms with Gasteiger partial charge in [0.25, 0.3) is 0 Å². The van der Waals surface area contributed by atoms with Crippen molar-refractivity contribution in [2.45, 2.75) is 78.9 Å². The van der Waals surface area contributed by atoms with Crippen LogP contribution in [0.1, 0.15) is 71.9 Å². The maximum absolute atomic E-state index is 3.38. The SMILES string of the molecule is Cc1ccc[n+](CCCC#Cc2cc(C#CCCC[n+]3cccc(C)c3)cc(C#CCCC[n+]3cccc(C)c3)c2)c1.[Br-].[Br-].[Br-]. The highest BCUT2D eigenvalue weighted by molar-refractivity contribution is 5.51. The number of hydrogen-bond acceptors (Lipinski definition) is 0. The molecule has 0 N–H and O–H groups in total. The molecule has 0 spiro atoms. The van der Waals surface area contributed by atoms with E-state index in [2.05, 4.69) is 162 Å². The van der Waals surface area contributed by atoms with E-state index < -0.39 is 0 Å². The van der Waals surface area contributed by atoms with Gasteiger partial charge in [0.15, 0.2) is 37.2 Å². The van der Waals surface area contributed by atoms with Gasteiger partial charge in [0, 0.05) is 90.1 Å². The first kappa shape index (κ1) is 39.8. The number of benzene rings is 1. The van der Waals surface area contributed by atoms with E-state index in [0.717, 1.165) is 74.8 Å². The summed E-state index contributed by atoms with van der Waals surface area (Å²) in [4.78, 5) is 0. The minimum absolute atomic E-state index is 0. The van der Waals surface area contributed by atoms with Crippen LogP contribution in [0.3, 0.4) is 0 Å². The smallest absolute Gasteiger partial charge is 0.171 e. The van der Waals surface area contributed by atoms with E-state index in [4.69, 9.17) is 0 Å². The lowest BCUT2D eigenvalue weighted by atomic mass is 10.1. The topological polar surface area (TPSA) is 11.6 Å². The zero-order valence-corrected chi connectivity index (χ0v) is 31.3. The molecule has 0 fully saturated rings. The molecule has 0 saturated heterocycles. The van der Waals surface area contributed by atoms with Gasteiger partial charge in [-0.3, -0.25) is 0 Å². The molecule has 0 aliphatic rings. The zero-order chi connectivity index (χ0) is 29.4. The minimum Gasteiger partial charge on any atom is -1.00 e. The Morgan fingerprint density at radius 2 is 0.756 bits per heavy atom. The Balaban J connectivity index is 0.00000337. The number of unbranched alkanes of at least 4 members (excludes halogenated alkanes) is 3. The predicted molar refractivity (Wildman–Crippen MR) is 169 cm³/mol. The third-order valence-electron chi connectivity index (χ3n) is 6.80. The first-order valence-electron chi connectivity index (χ1n) is 15.0. The van der Waals surface area contributed by atoms with E-state index in [1.165, 1.54) is 16.7 Å². The highest BCUT2D eigenvalue weighted by Gasteiger charge is 2.02. The van der Waals surface area contributed by atoms with Crippen LogP contribution in [-0.4, -0.2) is 0 Å². The molecule has 0 bridgehead atoms. The number of rotatable bonds is 9. The molecule has 0 aliphatic carbocycles. The zero-order valence-electron chi connectivity index (χ0n) is 26.5. The Morgan fingerprint density at radius 3 is 1.02 bits per heavy atom. The van der Waals surface area contributed by atoms with E-state index in [9.17, 15) is 0 Å². The largest absolute Gasteiger partial charge is 1.00 e. The summed E-state index contributed by atoms with van der Waals surface area (Å²) < 4.78 is 6.70. The van der Waals surface area contributed by atoms with Crippen molar-refractivity contribution in [1.82, 2.24) is 0 Å². The average molecular weight is 792 g/mol. The van der Waals surface area contributed by atoms with Crippen molar-refractivity contribution in [3.05, 3.63) is 125 Å². The summed E-state index contributed by atoms with van der Waals surface area (Å²) in [6, 6.07) is 19.0. The van der Waals surface area contributed by atoms with Crippen molar-refractivity contribution in [2.24, 2.45) is 0 Å². The Bertz CT molecular complexity index is 1470. The summed E-state index contributed by atoms with van der Waals surface area (Å²) in [5.41, 5.74) is 6.79. The fourth-order valence-corrected chi connectivity index (χ4v) is 4.76. The Morgan fingerprint density at radius 1 is 0.467 bits per heavy atom. The van der Waals surface area contributed by atoms with Gasteiger partial charge in [0.1, 0.15) is 19.6 Å². The molecule has 0 amide bonds. The maximum Gasteiger partial charge on any atom is 0.171 e. The number of pyridine rings is 3. The Kier molecular flexibility index (Phi) is 19.7. The fourth-order valence-electron chi connectivity index (χ4n) is 4.76. The van der Waals surface area contributed by atoms with Crippen LogP contribution in [0.2, 0.25) is 0 Å². The highest BCUT2D eigenvalue weighted by Crippen LogP contribution is 2.09. The van der Waals surface area contributed by atoms with Crippen LogP contribution < -0.4 is 64.6 Å². The molecule has 3 aromatic heterocycles. The van der Waals surface area contributed by atoms with Crippen LogP contribution in [0.25, 0.3) is 0 Å². The van der Waals surface area contributed by atoms with Crippen molar-refractivity contribution >= 4 is 0 Å². The molecule has 0 unspecified atom stereocenters. The van der Waals surface area contributed by atoms with Crippen LogP contribution in [0, 0.1) is 56.3 Å². The second-order valence-electron chi connectivity index (χ2n) is 10.9. The number of halogens is 3. The summed E-state index contributed by atoms with van der Waals surface area (Å²) in [6.45, 7) is 9.29. The monoisotopic (exact) mass is 789 g/mol. The van der Waals surface area contributed by atoms with Crippen LogP contribution in [-0.2, 0) is 19.6 Å². The van der Waals surface area contributed by atoms with E-state index >= 15 is 0 Å². The average Bonchev–Trinajstić information content (AvgIpc) is 2.97. The van der Waals surface area contributed by atoms with Crippen LogP contribution in [0.5, 0.6) is 0 Å². The molecule has 4 rings (SSSR count). The van der Waals surface area contributed by atoms with Gasteiger partial charge in [-0.25, -0.2) is 13.7 Å². The number of nitrogens with zero attached hydrogens (tertiary/aromatic N) is 3. The van der Waals surface area contributed by atoms with Gasteiger partial charge in [-0.05, 0) is 57.2 Å². The van der Waals surface area contributed by atoms with Crippen molar-refractivity contribution in [2.75, 3.05) is 0 Å². The standard InChI is InChI=1S/C39H42N3.3BrH/c1-34-16-13-25-40(31-34)22-10-4-7-19-37-28-38(20-8-5-11-23-41-26-14-17-35(2)32-41)30-39(29-37)21-9-6-12-24-42-27-15-18-36(3)33-42;;;/h13-18,25-33H,4-6,10-12,22-24H2,1-3H3;3*1H/q+3;;;/p-3. The summed E-state index contributed by atoms with van der Waals surface area (Å²) >= 11 is 0. The minimum atomic E-state index is 0. The molecule has 4 aromatic rings. The normalized spacial score (nSPS) is 9.40. The lowest BCUT2D eigenvalue weighted by Crippen LogP contribution is -3.00. The van der Waals surface area contributed by atoms with Gasteiger partial charge in [-0.15, -0.1) is 0 Å². The third kappa shape index (κ3) is 15.6. The molecule has 0 aliphatic heterocycles. The molecule has 0 radical (unpaired) electrons. The molecule has 3 nitrogen and oxygen atoms in total. The Hall–Kier alpha value is -3.21. The van der Waals surface area contributed by atoms with Crippen molar-refractivity contribution in [1.29, 1.82) is 0 Å². The number of aromatic nitrogens is 3. The summed E-state index contributed by atoms with van der Waals surface area (Å²) in [5, 5.41) is 0. The van der Waals surface area contributed by atoms with Crippen LogP contribution in [0.15, 0.2) is 91.8 Å². The second kappa shape index (κ2) is 22.3. The molecule has 3 heterocycles. The highest BCUT2D eigenvalue weighted by atomic mass is 79.9. The first-order chi connectivity index (χ1) is 20.5. The van der Waals surface area contributed by atoms with E-state index in [0.29, 0.717) is 0 Å². The van der Waals surface area contributed by atoms with Gasteiger partial charge in [-0.1, -0.05) is 35.5 Å². The second-order valence-corrected chi connectivity index (χ2v) is 10.9. The lowest BCUT2D eigenvalue weighted by molar-refractivity contribution is -0.697. The van der Waals surface area contributed by atoms with Gasteiger partial charge in [0.2, 0.25) is 0 Å². The predicted octanol–water partition coefficient (Wildman–Crippen LogP) is -3.02. The van der Waals surface area contributed by atoms with Gasteiger partial charge >= 0.3 is 0 Å². The quantitative estimate of drug-likeness (QED) is 0.0974. The summed E-state index contributed by atoms with van der Waals surface area (Å²) in [6.07, 6.45) is 18.5. The van der Waals surface area contributed by atoms with Crippen LogP contribution in [0.4, 0.5) is 0 Å². The van der Waals surface area contributed by atoms with Crippen molar-refractivity contribution in [3.8, 4) is 35.5 Å². The summed E-state index contributed by atoms with van der Waals surface area (Å²) in [7, 11) is 0. The molecule has 0 atom stereocenters. The number of aryl methyl sites for hydroxylation is 6. The van der Waals surface area contributed by atoms with Crippen molar-refractivity contribution in [3.63, 3.8) is 0 Å². The summed E-state index contributed by atoms with van der Waals surface area (Å²) in [5.74, 6) is 20.3. The van der Waals surface area contributed by atoms with Crippen LogP contribution >= 0.6 is 0 Å². The van der Waals surface area contributed by atoms with E-state index in [1.54, 1.807) is 0 Å².